The molecule has 3 aromatic rings. The van der Waals surface area contributed by atoms with Crippen LogP contribution in [0.15, 0.2) is 54.7 Å². The second-order valence-electron chi connectivity index (χ2n) is 7.51. The number of aromatic amines is 1. The van der Waals surface area contributed by atoms with E-state index in [1.807, 2.05) is 44.2 Å². The molecule has 2 aromatic carbocycles. The Morgan fingerprint density at radius 1 is 1.19 bits per heavy atom. The molecule has 0 saturated heterocycles. The highest BCUT2D eigenvalue weighted by Gasteiger charge is 2.18. The zero-order chi connectivity index (χ0) is 22.2. The molecule has 0 bridgehead atoms. The van der Waals surface area contributed by atoms with Crippen molar-refractivity contribution in [1.82, 2.24) is 15.3 Å². The summed E-state index contributed by atoms with van der Waals surface area (Å²) in [5, 5.41) is 3.11. The first kappa shape index (κ1) is 22.7. The molecule has 0 saturated carbocycles. The molecule has 0 aliphatic heterocycles. The molecule has 4 N–H and O–H groups in total. The predicted molar refractivity (Wildman–Crippen MR) is 123 cm³/mol. The Hall–Kier alpha value is -2.97. The Kier molecular flexibility index (Phi) is 7.97. The number of hydrogen-bond acceptors (Lipinski definition) is 3. The molecule has 1 unspecified atom stereocenters. The zero-order valence-electron chi connectivity index (χ0n) is 17.7. The van der Waals surface area contributed by atoms with Crippen molar-refractivity contribution in [3.8, 4) is 0 Å². The highest BCUT2D eigenvalue weighted by atomic mass is 32.2. The fourth-order valence-corrected chi connectivity index (χ4v) is 3.72. The number of benzene rings is 2. The lowest BCUT2D eigenvalue weighted by Gasteiger charge is -2.17. The third kappa shape index (κ3) is 7.04. The van der Waals surface area contributed by atoms with E-state index in [4.69, 9.17) is 4.55 Å². The first-order valence-electron chi connectivity index (χ1n) is 10.3. The van der Waals surface area contributed by atoms with Crippen LogP contribution in [-0.4, -0.2) is 24.6 Å². The van der Waals surface area contributed by atoms with Crippen molar-refractivity contribution in [1.29, 1.82) is 0 Å². The predicted octanol–water partition coefficient (Wildman–Crippen LogP) is 3.86. The molecular formula is C23H28N4O3S. The van der Waals surface area contributed by atoms with Crippen LogP contribution in [0.3, 0.4) is 0 Å². The maximum Gasteiger partial charge on any atom is 0.259 e. The monoisotopic (exact) mass is 440 g/mol. The third-order valence-corrected chi connectivity index (χ3v) is 5.43. The van der Waals surface area contributed by atoms with Crippen LogP contribution in [0.1, 0.15) is 47.6 Å². The van der Waals surface area contributed by atoms with Gasteiger partial charge in [-0.15, -0.1) is 0 Å². The quantitative estimate of drug-likeness (QED) is 0.359. The summed E-state index contributed by atoms with van der Waals surface area (Å²) in [4.78, 5) is 20.5. The van der Waals surface area contributed by atoms with Crippen LogP contribution in [0.4, 0.5) is 5.69 Å². The van der Waals surface area contributed by atoms with Crippen LogP contribution in [0.2, 0.25) is 0 Å². The zero-order valence-corrected chi connectivity index (χ0v) is 18.5. The van der Waals surface area contributed by atoms with Crippen molar-refractivity contribution in [2.24, 2.45) is 0 Å². The van der Waals surface area contributed by atoms with Crippen LogP contribution in [0.5, 0.6) is 0 Å². The summed E-state index contributed by atoms with van der Waals surface area (Å²) in [6, 6.07) is 15.1. The van der Waals surface area contributed by atoms with Crippen LogP contribution in [0, 0.1) is 6.92 Å². The van der Waals surface area contributed by atoms with Gasteiger partial charge in [-0.2, -0.15) is 0 Å². The molecule has 0 fully saturated rings. The Balaban J connectivity index is 1.68. The van der Waals surface area contributed by atoms with E-state index < -0.39 is 11.3 Å². The molecule has 8 heteroatoms. The number of nitrogens with one attached hydrogen (secondary N) is 3. The Labute approximate surface area is 185 Å². The van der Waals surface area contributed by atoms with Crippen molar-refractivity contribution < 1.29 is 13.6 Å². The minimum atomic E-state index is -2.11. The number of aryl methyl sites for hydroxylation is 3. The number of nitrogens with zero attached hydrogens (tertiary/aromatic N) is 1. The maximum absolute atomic E-state index is 12.7. The molecule has 7 nitrogen and oxygen atoms in total. The van der Waals surface area contributed by atoms with E-state index in [2.05, 4.69) is 26.1 Å². The van der Waals surface area contributed by atoms with Crippen LogP contribution >= 0.6 is 0 Å². The van der Waals surface area contributed by atoms with Gasteiger partial charge in [0.2, 0.25) is 5.91 Å². The number of H-pyrrole nitrogens is 1. The number of anilines is 1. The summed E-state index contributed by atoms with van der Waals surface area (Å²) < 4.78 is 22.3. The first-order valence-corrected chi connectivity index (χ1v) is 11.4. The van der Waals surface area contributed by atoms with Gasteiger partial charge in [0, 0.05) is 24.0 Å². The van der Waals surface area contributed by atoms with E-state index in [1.165, 1.54) is 5.56 Å². The highest BCUT2D eigenvalue weighted by Crippen LogP contribution is 2.19. The average Bonchev–Trinajstić information content (AvgIpc) is 3.22. The minimum absolute atomic E-state index is 0.0325. The van der Waals surface area contributed by atoms with E-state index in [-0.39, 0.29) is 11.9 Å². The minimum Gasteiger partial charge on any atom is -0.346 e. The normalized spacial score (nSPS) is 12.9. The SMILES string of the molecule is CCc1cnc([C@H](Cc2ccc(NS(=O)O)cc2)NC(=O)CCc2cccc(C)c2)[nH]1. The highest BCUT2D eigenvalue weighted by molar-refractivity contribution is 7.80. The summed E-state index contributed by atoms with van der Waals surface area (Å²) in [5.41, 5.74) is 4.87. The fraction of sp³-hybridized carbons (Fsp3) is 0.304. The summed E-state index contributed by atoms with van der Waals surface area (Å²) in [6.07, 6.45) is 4.25. The van der Waals surface area contributed by atoms with E-state index >= 15 is 0 Å². The number of hydrogen-bond donors (Lipinski definition) is 4. The molecule has 0 aliphatic carbocycles. The van der Waals surface area contributed by atoms with Crippen molar-refractivity contribution >= 4 is 22.9 Å². The summed E-state index contributed by atoms with van der Waals surface area (Å²) in [6.45, 7) is 4.09. The lowest BCUT2D eigenvalue weighted by Crippen LogP contribution is -2.31. The van der Waals surface area contributed by atoms with Gasteiger partial charge in [-0.3, -0.25) is 14.1 Å². The molecule has 1 aromatic heterocycles. The Bertz CT molecular complexity index is 1030. The number of carbonyl (C=O) groups is 1. The van der Waals surface area contributed by atoms with Crippen LogP contribution in [0.25, 0.3) is 0 Å². The summed E-state index contributed by atoms with van der Waals surface area (Å²) >= 11 is -2.11. The van der Waals surface area contributed by atoms with Gasteiger partial charge in [0.15, 0.2) is 0 Å². The second kappa shape index (κ2) is 10.9. The molecular weight excluding hydrogens is 412 g/mol. The fourth-order valence-electron chi connectivity index (χ4n) is 3.39. The van der Waals surface area contributed by atoms with Gasteiger partial charge >= 0.3 is 0 Å². The van der Waals surface area contributed by atoms with Gasteiger partial charge in [-0.1, -0.05) is 48.9 Å². The smallest absolute Gasteiger partial charge is 0.259 e. The molecule has 1 amide bonds. The Morgan fingerprint density at radius 2 is 1.97 bits per heavy atom. The van der Waals surface area contributed by atoms with Crippen molar-refractivity contribution in [3.05, 3.63) is 82.9 Å². The van der Waals surface area contributed by atoms with Crippen LogP contribution < -0.4 is 10.0 Å². The molecule has 0 spiro atoms. The second-order valence-corrected chi connectivity index (χ2v) is 8.21. The molecule has 0 aliphatic rings. The molecule has 0 radical (unpaired) electrons. The number of amides is 1. The summed E-state index contributed by atoms with van der Waals surface area (Å²) in [5.74, 6) is 0.689. The van der Waals surface area contributed by atoms with Crippen molar-refractivity contribution in [2.45, 2.75) is 45.6 Å². The molecule has 164 valence electrons. The standard InChI is InChI=1S/C23H28N4O3S/c1-3-19-15-24-23(25-19)21(14-18-7-10-20(11-8-18)27-31(29)30)26-22(28)12-9-17-6-4-5-16(2)13-17/h4-8,10-11,13,15,21,27H,3,9,12,14H2,1-2H3,(H,24,25)(H,26,28)(H,29,30)/t21-/m0/s1. The summed E-state index contributed by atoms with van der Waals surface area (Å²) in [7, 11) is 0. The number of rotatable bonds is 10. The van der Waals surface area contributed by atoms with Gasteiger partial charge in [-0.05, 0) is 49.4 Å². The van der Waals surface area contributed by atoms with E-state index in [0.29, 0.717) is 24.9 Å². The first-order chi connectivity index (χ1) is 14.9. The van der Waals surface area contributed by atoms with Gasteiger partial charge in [0.05, 0.1) is 6.04 Å². The van der Waals surface area contributed by atoms with E-state index in [9.17, 15) is 9.00 Å². The van der Waals surface area contributed by atoms with Gasteiger partial charge < -0.3 is 10.3 Å². The van der Waals surface area contributed by atoms with Crippen molar-refractivity contribution in [3.63, 3.8) is 0 Å². The van der Waals surface area contributed by atoms with Gasteiger partial charge in [0.25, 0.3) is 11.3 Å². The van der Waals surface area contributed by atoms with Crippen molar-refractivity contribution in [2.75, 3.05) is 4.72 Å². The van der Waals surface area contributed by atoms with Gasteiger partial charge in [0.1, 0.15) is 5.82 Å². The molecule has 3 rings (SSSR count). The topological polar surface area (TPSA) is 107 Å². The molecule has 31 heavy (non-hydrogen) atoms. The van der Waals surface area contributed by atoms with E-state index in [0.717, 1.165) is 29.1 Å². The lowest BCUT2D eigenvalue weighted by molar-refractivity contribution is -0.121. The molecule has 2 atom stereocenters. The lowest BCUT2D eigenvalue weighted by atomic mass is 10.0. The average molecular weight is 441 g/mol. The number of imidazole rings is 1. The molecule has 1 heterocycles. The van der Waals surface area contributed by atoms with Crippen LogP contribution in [-0.2, 0) is 35.3 Å². The largest absolute Gasteiger partial charge is 0.346 e. The Morgan fingerprint density at radius 3 is 2.61 bits per heavy atom. The number of carbonyl (C=O) groups excluding carboxylic acids is 1. The van der Waals surface area contributed by atoms with E-state index in [1.54, 1.807) is 18.3 Å². The van der Waals surface area contributed by atoms with Gasteiger partial charge in [-0.25, -0.2) is 9.19 Å². The number of aromatic nitrogens is 2. The third-order valence-electron chi connectivity index (χ3n) is 5.02. The maximum atomic E-state index is 12.7.